The van der Waals surface area contributed by atoms with E-state index in [-0.39, 0.29) is 17.9 Å². The van der Waals surface area contributed by atoms with E-state index in [1.54, 1.807) is 41.8 Å². The Hall–Kier alpha value is -3.01. The maximum Gasteiger partial charge on any atom is 0.328 e. The van der Waals surface area contributed by atoms with Crippen LogP contribution < -0.4 is 5.73 Å². The van der Waals surface area contributed by atoms with E-state index in [1.165, 1.54) is 24.3 Å². The van der Waals surface area contributed by atoms with Crippen molar-refractivity contribution in [2.45, 2.75) is 36.6 Å². The third-order valence-corrected chi connectivity index (χ3v) is 6.88. The Morgan fingerprint density at radius 3 is 2.21 bits per heavy atom. The molecule has 0 amide bonds. The average molecular weight is 475 g/mol. The molecule has 0 saturated heterocycles. The molecule has 0 radical (unpaired) electrons. The van der Waals surface area contributed by atoms with E-state index in [0.29, 0.717) is 41.0 Å². The van der Waals surface area contributed by atoms with Crippen LogP contribution in [0.1, 0.15) is 30.5 Å². The standard InChI is InChI=1S/C24H27FN2O5S/c1-16-21(24(26,23(29)30)13-3-4-14-28)15-22(27(16)19-9-7-18(25)8-10-19)17-5-11-20(12-6-17)33(2,31)32/h5-12,15,28H,3-4,13-14,26H2,1-2H3,(H,29,30). The van der Waals surface area contributed by atoms with Crippen LogP contribution in [0.25, 0.3) is 16.9 Å². The monoisotopic (exact) mass is 474 g/mol. The van der Waals surface area contributed by atoms with Gasteiger partial charge in [0.15, 0.2) is 9.84 Å². The molecule has 0 saturated carbocycles. The second-order valence-corrected chi connectivity index (χ2v) is 10.1. The van der Waals surface area contributed by atoms with Crippen molar-refractivity contribution in [1.82, 2.24) is 4.57 Å². The molecule has 0 fully saturated rings. The number of hydrogen-bond acceptors (Lipinski definition) is 5. The highest BCUT2D eigenvalue weighted by atomic mass is 32.2. The van der Waals surface area contributed by atoms with Crippen LogP contribution in [0.5, 0.6) is 0 Å². The molecule has 7 nitrogen and oxygen atoms in total. The van der Waals surface area contributed by atoms with Gasteiger partial charge in [-0.15, -0.1) is 0 Å². The first-order chi connectivity index (χ1) is 15.5. The van der Waals surface area contributed by atoms with Crippen LogP contribution in [0, 0.1) is 12.7 Å². The minimum atomic E-state index is -3.39. The number of nitrogens with zero attached hydrogens (tertiary/aromatic N) is 1. The van der Waals surface area contributed by atoms with Crippen LogP contribution in [0.2, 0.25) is 0 Å². The van der Waals surface area contributed by atoms with Gasteiger partial charge in [-0.25, -0.2) is 17.6 Å². The van der Waals surface area contributed by atoms with Gasteiger partial charge in [-0.05, 0) is 74.2 Å². The number of aliphatic hydroxyl groups is 1. The van der Waals surface area contributed by atoms with Crippen molar-refractivity contribution in [3.8, 4) is 16.9 Å². The van der Waals surface area contributed by atoms with Crippen molar-refractivity contribution in [3.63, 3.8) is 0 Å². The number of aromatic nitrogens is 1. The van der Waals surface area contributed by atoms with Gasteiger partial charge < -0.3 is 20.5 Å². The van der Waals surface area contributed by atoms with E-state index in [4.69, 9.17) is 10.8 Å². The predicted octanol–water partition coefficient (Wildman–Crippen LogP) is 3.40. The van der Waals surface area contributed by atoms with Gasteiger partial charge in [-0.3, -0.25) is 0 Å². The van der Waals surface area contributed by atoms with Crippen LogP contribution in [0.3, 0.4) is 0 Å². The van der Waals surface area contributed by atoms with Crippen molar-refractivity contribution in [1.29, 1.82) is 0 Å². The molecular weight excluding hydrogens is 447 g/mol. The van der Waals surface area contributed by atoms with Gasteiger partial charge >= 0.3 is 5.97 Å². The SMILES string of the molecule is Cc1c(C(N)(CCCCO)C(=O)O)cc(-c2ccc(S(C)(=O)=O)cc2)n1-c1ccc(F)cc1. The van der Waals surface area contributed by atoms with Gasteiger partial charge in [0, 0.05) is 29.8 Å². The summed E-state index contributed by atoms with van der Waals surface area (Å²) in [5.41, 5.74) is 7.50. The molecule has 1 atom stereocenters. The Morgan fingerprint density at radius 1 is 1.09 bits per heavy atom. The van der Waals surface area contributed by atoms with E-state index >= 15 is 0 Å². The number of sulfone groups is 1. The molecule has 1 heterocycles. The van der Waals surface area contributed by atoms with Crippen molar-refractivity contribution in [2.24, 2.45) is 5.73 Å². The second-order valence-electron chi connectivity index (χ2n) is 8.09. The normalized spacial score (nSPS) is 13.6. The summed E-state index contributed by atoms with van der Waals surface area (Å²) in [6.45, 7) is 1.67. The van der Waals surface area contributed by atoms with Gasteiger partial charge in [-0.1, -0.05) is 12.1 Å². The Labute approximate surface area is 192 Å². The molecule has 1 aromatic heterocycles. The second kappa shape index (κ2) is 9.46. The number of aliphatic hydroxyl groups excluding tert-OH is 1. The summed E-state index contributed by atoms with van der Waals surface area (Å²) >= 11 is 0. The van der Waals surface area contributed by atoms with Crippen molar-refractivity contribution in [2.75, 3.05) is 12.9 Å². The number of aliphatic carboxylic acids is 1. The number of halogens is 1. The molecule has 0 aliphatic heterocycles. The fraction of sp³-hybridized carbons (Fsp3) is 0.292. The summed E-state index contributed by atoms with van der Waals surface area (Å²) in [5, 5.41) is 19.1. The van der Waals surface area contributed by atoms with Crippen LogP contribution in [-0.2, 0) is 20.2 Å². The first kappa shape index (κ1) is 24.6. The number of carboxylic acid groups (broad SMARTS) is 1. The molecule has 0 spiro atoms. The zero-order valence-electron chi connectivity index (χ0n) is 18.5. The quantitative estimate of drug-likeness (QED) is 0.409. The van der Waals surface area contributed by atoms with E-state index < -0.39 is 27.2 Å². The molecule has 0 aliphatic rings. The maximum atomic E-state index is 13.6. The molecule has 3 aromatic rings. The van der Waals surface area contributed by atoms with Crippen molar-refractivity contribution >= 4 is 15.8 Å². The summed E-state index contributed by atoms with van der Waals surface area (Å²) in [5.74, 6) is -1.61. The lowest BCUT2D eigenvalue weighted by Crippen LogP contribution is -2.45. The van der Waals surface area contributed by atoms with E-state index in [2.05, 4.69) is 0 Å². The summed E-state index contributed by atoms with van der Waals surface area (Å²) < 4.78 is 39.1. The summed E-state index contributed by atoms with van der Waals surface area (Å²) in [7, 11) is -3.39. The molecule has 2 aromatic carbocycles. The lowest BCUT2D eigenvalue weighted by molar-refractivity contribution is -0.144. The molecule has 33 heavy (non-hydrogen) atoms. The summed E-state index contributed by atoms with van der Waals surface area (Å²) in [4.78, 5) is 12.4. The molecule has 3 rings (SSSR count). The number of carboxylic acids is 1. The summed E-state index contributed by atoms with van der Waals surface area (Å²) in [6, 6.07) is 13.7. The maximum absolute atomic E-state index is 13.6. The third-order valence-electron chi connectivity index (χ3n) is 5.75. The van der Waals surface area contributed by atoms with Gasteiger partial charge in [0.2, 0.25) is 0 Å². The Balaban J connectivity index is 2.23. The van der Waals surface area contributed by atoms with Crippen molar-refractivity contribution < 1.29 is 27.8 Å². The number of unbranched alkanes of at least 4 members (excludes halogenated alkanes) is 1. The third kappa shape index (κ3) is 5.00. The van der Waals surface area contributed by atoms with Crippen LogP contribution in [0.15, 0.2) is 59.5 Å². The molecule has 4 N–H and O–H groups in total. The highest BCUT2D eigenvalue weighted by Crippen LogP contribution is 2.36. The lowest BCUT2D eigenvalue weighted by Gasteiger charge is -2.25. The van der Waals surface area contributed by atoms with E-state index in [9.17, 15) is 22.7 Å². The van der Waals surface area contributed by atoms with Gasteiger partial charge in [0.25, 0.3) is 0 Å². The minimum absolute atomic E-state index is 0.0663. The Kier molecular flexibility index (Phi) is 7.06. The van der Waals surface area contributed by atoms with Gasteiger partial charge in [0.1, 0.15) is 11.4 Å². The van der Waals surface area contributed by atoms with Crippen molar-refractivity contribution in [3.05, 3.63) is 71.7 Å². The Morgan fingerprint density at radius 2 is 1.70 bits per heavy atom. The molecule has 176 valence electrons. The fourth-order valence-corrected chi connectivity index (χ4v) is 4.57. The number of rotatable bonds is 9. The average Bonchev–Trinajstić information content (AvgIpc) is 3.11. The molecule has 9 heteroatoms. The zero-order chi connectivity index (χ0) is 24.4. The number of benzene rings is 2. The minimum Gasteiger partial charge on any atom is -0.480 e. The van der Waals surface area contributed by atoms with Gasteiger partial charge in [0.05, 0.1) is 10.6 Å². The fourth-order valence-electron chi connectivity index (χ4n) is 3.94. The van der Waals surface area contributed by atoms with E-state index in [1.807, 2.05) is 0 Å². The smallest absolute Gasteiger partial charge is 0.328 e. The largest absolute Gasteiger partial charge is 0.480 e. The highest BCUT2D eigenvalue weighted by Gasteiger charge is 2.39. The predicted molar refractivity (Wildman–Crippen MR) is 123 cm³/mol. The first-order valence-electron chi connectivity index (χ1n) is 10.4. The van der Waals surface area contributed by atoms with Gasteiger partial charge in [-0.2, -0.15) is 0 Å². The number of hydrogen-bond donors (Lipinski definition) is 3. The number of nitrogens with two attached hydrogens (primary N) is 1. The lowest BCUT2D eigenvalue weighted by atomic mass is 9.85. The topological polar surface area (TPSA) is 123 Å². The number of carbonyl (C=O) groups is 1. The van der Waals surface area contributed by atoms with E-state index in [0.717, 1.165) is 6.26 Å². The first-order valence-corrected chi connectivity index (χ1v) is 12.3. The Bertz CT molecular complexity index is 1250. The van der Waals surface area contributed by atoms with Crippen LogP contribution in [0.4, 0.5) is 4.39 Å². The molecular formula is C24H27FN2O5S. The zero-order valence-corrected chi connectivity index (χ0v) is 19.3. The van der Waals surface area contributed by atoms with Crippen LogP contribution in [-0.4, -0.2) is 42.0 Å². The highest BCUT2D eigenvalue weighted by molar-refractivity contribution is 7.90. The van der Waals surface area contributed by atoms with Crippen LogP contribution >= 0.6 is 0 Å². The molecule has 1 unspecified atom stereocenters. The molecule has 0 bridgehead atoms. The summed E-state index contributed by atoms with van der Waals surface area (Å²) in [6.07, 6.45) is 2.07. The molecule has 0 aliphatic carbocycles.